The maximum absolute atomic E-state index is 11.8. The predicted octanol–water partition coefficient (Wildman–Crippen LogP) is 3.38. The maximum atomic E-state index is 11.8. The van der Waals surface area contributed by atoms with Gasteiger partial charge in [-0.05, 0) is 36.7 Å². The van der Waals surface area contributed by atoms with E-state index in [0.717, 1.165) is 5.56 Å². The number of hydrogen-bond acceptors (Lipinski definition) is 2. The summed E-state index contributed by atoms with van der Waals surface area (Å²) in [5.41, 5.74) is -0.726. The molecule has 4 nitrogen and oxygen atoms in total. The van der Waals surface area contributed by atoms with Crippen molar-refractivity contribution in [1.82, 2.24) is 0 Å². The average Bonchev–Trinajstić information content (AvgIpc) is 2.65. The Labute approximate surface area is 124 Å². The van der Waals surface area contributed by atoms with Crippen molar-refractivity contribution >= 4 is 11.9 Å². The lowest BCUT2D eigenvalue weighted by Gasteiger charge is -2.40. The monoisotopic (exact) mass is 290 g/mol. The normalized spacial score (nSPS) is 29.0. The van der Waals surface area contributed by atoms with Crippen LogP contribution in [0.3, 0.4) is 0 Å². The third-order valence-electron chi connectivity index (χ3n) is 5.60. The van der Waals surface area contributed by atoms with Crippen LogP contribution in [-0.2, 0) is 9.59 Å². The van der Waals surface area contributed by atoms with E-state index in [9.17, 15) is 19.8 Å². The van der Waals surface area contributed by atoms with Gasteiger partial charge in [-0.2, -0.15) is 0 Å². The number of carboxylic acids is 2. The van der Waals surface area contributed by atoms with Crippen LogP contribution >= 0.6 is 0 Å². The van der Waals surface area contributed by atoms with Crippen LogP contribution < -0.4 is 0 Å². The van der Waals surface area contributed by atoms with Gasteiger partial charge in [0.15, 0.2) is 0 Å². The fourth-order valence-electron chi connectivity index (χ4n) is 3.71. The molecular weight excluding hydrogens is 268 g/mol. The van der Waals surface area contributed by atoms with Gasteiger partial charge in [-0.25, -0.2) is 0 Å². The van der Waals surface area contributed by atoms with Crippen LogP contribution in [0.5, 0.6) is 0 Å². The standard InChI is InChI=1S/C17H22O4/c1-16(2)12(9-10-17(16,3)15(20)21)13(14(18)19)11-7-5-4-6-8-11/h4-8,12-13H,9-10H2,1-3H3,(H,18,19)(H,20,21). The van der Waals surface area contributed by atoms with E-state index in [1.165, 1.54) is 0 Å². The Morgan fingerprint density at radius 3 is 2.14 bits per heavy atom. The molecule has 114 valence electrons. The van der Waals surface area contributed by atoms with Gasteiger partial charge in [0.1, 0.15) is 0 Å². The van der Waals surface area contributed by atoms with Crippen molar-refractivity contribution in [3.05, 3.63) is 35.9 Å². The van der Waals surface area contributed by atoms with E-state index in [2.05, 4.69) is 0 Å². The molecule has 1 aliphatic rings. The molecule has 0 amide bonds. The van der Waals surface area contributed by atoms with E-state index < -0.39 is 28.7 Å². The third-order valence-corrected chi connectivity index (χ3v) is 5.60. The van der Waals surface area contributed by atoms with Crippen molar-refractivity contribution < 1.29 is 19.8 Å². The number of benzene rings is 1. The minimum atomic E-state index is -0.889. The second-order valence-corrected chi connectivity index (χ2v) is 6.73. The van der Waals surface area contributed by atoms with Crippen molar-refractivity contribution in [2.75, 3.05) is 0 Å². The summed E-state index contributed by atoms with van der Waals surface area (Å²) in [5.74, 6) is -2.58. The molecule has 0 saturated heterocycles. The smallest absolute Gasteiger partial charge is 0.311 e. The van der Waals surface area contributed by atoms with Gasteiger partial charge < -0.3 is 10.2 Å². The van der Waals surface area contributed by atoms with E-state index >= 15 is 0 Å². The molecule has 0 aliphatic heterocycles. The van der Waals surface area contributed by atoms with Gasteiger partial charge in [0.25, 0.3) is 0 Å². The molecule has 1 saturated carbocycles. The lowest BCUT2D eigenvalue weighted by molar-refractivity contribution is -0.156. The lowest BCUT2D eigenvalue weighted by Crippen LogP contribution is -2.43. The summed E-state index contributed by atoms with van der Waals surface area (Å²) in [6.07, 6.45) is 1.12. The van der Waals surface area contributed by atoms with E-state index in [-0.39, 0.29) is 5.92 Å². The van der Waals surface area contributed by atoms with Crippen molar-refractivity contribution in [3.63, 3.8) is 0 Å². The van der Waals surface area contributed by atoms with Gasteiger partial charge in [-0.3, -0.25) is 9.59 Å². The zero-order valence-corrected chi connectivity index (χ0v) is 12.7. The van der Waals surface area contributed by atoms with Crippen LogP contribution in [0.2, 0.25) is 0 Å². The largest absolute Gasteiger partial charge is 0.481 e. The first-order chi connectivity index (χ1) is 9.72. The molecule has 3 unspecified atom stereocenters. The molecule has 0 bridgehead atoms. The fraction of sp³-hybridized carbons (Fsp3) is 0.529. The van der Waals surface area contributed by atoms with Gasteiger partial charge in [-0.15, -0.1) is 0 Å². The van der Waals surface area contributed by atoms with Crippen molar-refractivity contribution in [2.45, 2.75) is 39.5 Å². The van der Waals surface area contributed by atoms with Crippen molar-refractivity contribution in [3.8, 4) is 0 Å². The highest BCUT2D eigenvalue weighted by Gasteiger charge is 2.59. The van der Waals surface area contributed by atoms with Crippen LogP contribution in [0, 0.1) is 16.7 Å². The summed E-state index contributed by atoms with van der Waals surface area (Å²) < 4.78 is 0. The molecule has 1 aromatic rings. The summed E-state index contributed by atoms with van der Waals surface area (Å²) in [7, 11) is 0. The molecule has 1 aliphatic carbocycles. The third kappa shape index (κ3) is 2.33. The Kier molecular flexibility index (Phi) is 3.83. The molecule has 21 heavy (non-hydrogen) atoms. The molecule has 1 aromatic carbocycles. The highest BCUT2D eigenvalue weighted by Crippen LogP contribution is 2.59. The zero-order valence-electron chi connectivity index (χ0n) is 12.7. The molecular formula is C17H22O4. The highest BCUT2D eigenvalue weighted by atomic mass is 16.4. The average molecular weight is 290 g/mol. The predicted molar refractivity (Wildman–Crippen MR) is 79.1 cm³/mol. The quantitative estimate of drug-likeness (QED) is 0.891. The highest BCUT2D eigenvalue weighted by molar-refractivity contribution is 5.79. The molecule has 4 heteroatoms. The van der Waals surface area contributed by atoms with Crippen LogP contribution in [0.4, 0.5) is 0 Å². The Morgan fingerprint density at radius 2 is 1.71 bits per heavy atom. The molecule has 0 heterocycles. The van der Waals surface area contributed by atoms with Gasteiger partial charge in [0.05, 0.1) is 11.3 Å². The molecule has 0 aromatic heterocycles. The molecule has 0 radical (unpaired) electrons. The van der Waals surface area contributed by atoms with E-state index in [4.69, 9.17) is 0 Å². The summed E-state index contributed by atoms with van der Waals surface area (Å²) >= 11 is 0. The Hall–Kier alpha value is -1.84. The van der Waals surface area contributed by atoms with Crippen LogP contribution in [0.25, 0.3) is 0 Å². The Morgan fingerprint density at radius 1 is 1.14 bits per heavy atom. The molecule has 1 fully saturated rings. The number of rotatable bonds is 4. The second-order valence-electron chi connectivity index (χ2n) is 6.73. The number of hydrogen-bond donors (Lipinski definition) is 2. The summed E-state index contributed by atoms with van der Waals surface area (Å²) in [4.78, 5) is 23.5. The Bertz CT molecular complexity index is 549. The van der Waals surface area contributed by atoms with Crippen molar-refractivity contribution in [2.24, 2.45) is 16.7 Å². The van der Waals surface area contributed by atoms with Crippen molar-refractivity contribution in [1.29, 1.82) is 0 Å². The number of carboxylic acid groups (broad SMARTS) is 2. The van der Waals surface area contributed by atoms with E-state index in [0.29, 0.717) is 12.8 Å². The molecule has 2 N–H and O–H groups in total. The SMILES string of the molecule is CC1(C(=O)O)CCC(C(C(=O)O)c2ccccc2)C1(C)C. The van der Waals surface area contributed by atoms with Gasteiger partial charge in [0.2, 0.25) is 0 Å². The van der Waals surface area contributed by atoms with Gasteiger partial charge >= 0.3 is 11.9 Å². The second kappa shape index (κ2) is 5.17. The van der Waals surface area contributed by atoms with E-state index in [1.807, 2.05) is 44.2 Å². The Balaban J connectivity index is 2.44. The topological polar surface area (TPSA) is 74.6 Å². The van der Waals surface area contributed by atoms with Gasteiger partial charge in [-0.1, -0.05) is 44.2 Å². The fourth-order valence-corrected chi connectivity index (χ4v) is 3.71. The molecule has 0 spiro atoms. The summed E-state index contributed by atoms with van der Waals surface area (Å²) in [6.45, 7) is 5.51. The summed E-state index contributed by atoms with van der Waals surface area (Å²) in [6, 6.07) is 9.12. The zero-order chi connectivity index (χ0) is 15.8. The van der Waals surface area contributed by atoms with Crippen LogP contribution in [0.1, 0.15) is 45.1 Å². The van der Waals surface area contributed by atoms with Crippen LogP contribution in [-0.4, -0.2) is 22.2 Å². The lowest BCUT2D eigenvalue weighted by atomic mass is 9.62. The first kappa shape index (κ1) is 15.5. The molecule has 3 atom stereocenters. The van der Waals surface area contributed by atoms with Crippen LogP contribution in [0.15, 0.2) is 30.3 Å². The van der Waals surface area contributed by atoms with Gasteiger partial charge in [0, 0.05) is 0 Å². The number of carbonyl (C=O) groups is 2. The maximum Gasteiger partial charge on any atom is 0.311 e. The number of aliphatic carboxylic acids is 2. The first-order valence-corrected chi connectivity index (χ1v) is 7.23. The van der Waals surface area contributed by atoms with E-state index in [1.54, 1.807) is 6.92 Å². The first-order valence-electron chi connectivity index (χ1n) is 7.23. The minimum absolute atomic E-state index is 0.196. The minimum Gasteiger partial charge on any atom is -0.481 e. The molecule has 2 rings (SSSR count). The summed E-state index contributed by atoms with van der Waals surface area (Å²) in [5, 5.41) is 19.3.